The van der Waals surface area contributed by atoms with Crippen LogP contribution < -0.4 is 10.6 Å². The number of nitrogens with zero attached hydrogens (tertiary/aromatic N) is 3. The Hall–Kier alpha value is -2.54. The molecule has 2 N–H and O–H groups in total. The van der Waals surface area contributed by atoms with Gasteiger partial charge in [0.2, 0.25) is 5.95 Å². The highest BCUT2D eigenvalue weighted by Gasteiger charge is 2.09. The second kappa shape index (κ2) is 6.70. The van der Waals surface area contributed by atoms with Gasteiger partial charge in [0.1, 0.15) is 11.6 Å². The summed E-state index contributed by atoms with van der Waals surface area (Å²) in [5.41, 5.74) is 1.88. The van der Waals surface area contributed by atoms with Crippen molar-refractivity contribution in [2.45, 2.75) is 0 Å². The maximum absolute atomic E-state index is 14.0. The Labute approximate surface area is 141 Å². The molecule has 0 saturated heterocycles. The molecule has 0 atom stereocenters. The van der Waals surface area contributed by atoms with Gasteiger partial charge in [-0.3, -0.25) is 4.98 Å². The summed E-state index contributed by atoms with van der Waals surface area (Å²) in [4.78, 5) is 12.8. The lowest BCUT2D eigenvalue weighted by Crippen LogP contribution is -2.03. The summed E-state index contributed by atoms with van der Waals surface area (Å²) in [6.45, 7) is 0. The zero-order valence-corrected chi connectivity index (χ0v) is 13.8. The lowest BCUT2D eigenvalue weighted by Gasteiger charge is -2.10. The zero-order chi connectivity index (χ0) is 16.2. The first-order chi connectivity index (χ1) is 11.2. The normalized spacial score (nSPS) is 10.4. The molecule has 1 aromatic carbocycles. The SMILES string of the molecule is CNc1nc(Nc2ccc(Br)cc2F)cc(-c2cccnc2)n1. The summed E-state index contributed by atoms with van der Waals surface area (Å²) in [5.74, 6) is 0.558. The zero-order valence-electron chi connectivity index (χ0n) is 12.2. The van der Waals surface area contributed by atoms with Gasteiger partial charge in [0.05, 0.1) is 11.4 Å². The number of hydrogen-bond acceptors (Lipinski definition) is 5. The van der Waals surface area contributed by atoms with Gasteiger partial charge in [0, 0.05) is 35.5 Å². The van der Waals surface area contributed by atoms with Crippen molar-refractivity contribution in [2.75, 3.05) is 17.7 Å². The molecule has 0 saturated carbocycles. The van der Waals surface area contributed by atoms with E-state index in [2.05, 4.69) is 41.5 Å². The standard InChI is InChI=1S/C16H13BrFN5/c1-19-16-22-14(10-3-2-6-20-9-10)8-15(23-16)21-13-5-4-11(17)7-12(13)18/h2-9H,1H3,(H2,19,21,22,23). The number of pyridine rings is 1. The molecule has 0 fully saturated rings. The molecule has 3 rings (SSSR count). The van der Waals surface area contributed by atoms with Crippen molar-refractivity contribution in [1.82, 2.24) is 15.0 Å². The van der Waals surface area contributed by atoms with E-state index in [0.717, 1.165) is 5.56 Å². The van der Waals surface area contributed by atoms with Crippen molar-refractivity contribution in [3.8, 4) is 11.3 Å². The van der Waals surface area contributed by atoms with E-state index >= 15 is 0 Å². The molecule has 2 heterocycles. The molecule has 0 unspecified atom stereocenters. The summed E-state index contributed by atoms with van der Waals surface area (Å²) >= 11 is 3.24. The van der Waals surface area contributed by atoms with Gasteiger partial charge < -0.3 is 10.6 Å². The van der Waals surface area contributed by atoms with Gasteiger partial charge in [0.15, 0.2) is 0 Å². The topological polar surface area (TPSA) is 62.7 Å². The van der Waals surface area contributed by atoms with E-state index in [-0.39, 0.29) is 5.82 Å². The Morgan fingerprint density at radius 3 is 2.70 bits per heavy atom. The monoisotopic (exact) mass is 373 g/mol. The van der Waals surface area contributed by atoms with Crippen molar-refractivity contribution in [3.05, 3.63) is 59.1 Å². The highest BCUT2D eigenvalue weighted by molar-refractivity contribution is 9.10. The summed E-state index contributed by atoms with van der Waals surface area (Å²) in [5, 5.41) is 5.88. The van der Waals surface area contributed by atoms with Crippen LogP contribution in [-0.4, -0.2) is 22.0 Å². The average molecular weight is 374 g/mol. The second-order valence-corrected chi connectivity index (χ2v) is 5.62. The number of halogens is 2. The number of rotatable bonds is 4. The first-order valence-corrected chi connectivity index (χ1v) is 7.64. The van der Waals surface area contributed by atoms with Crippen LogP contribution in [0.4, 0.5) is 21.8 Å². The molecule has 0 aliphatic carbocycles. The van der Waals surface area contributed by atoms with Crippen LogP contribution in [0.25, 0.3) is 11.3 Å². The Morgan fingerprint density at radius 2 is 2.00 bits per heavy atom. The Bertz CT molecular complexity index is 826. The summed E-state index contributed by atoms with van der Waals surface area (Å²) in [7, 11) is 1.73. The van der Waals surface area contributed by atoms with E-state index in [9.17, 15) is 4.39 Å². The number of benzene rings is 1. The number of hydrogen-bond donors (Lipinski definition) is 2. The molecule has 0 aliphatic heterocycles. The number of nitrogens with one attached hydrogen (secondary N) is 2. The maximum atomic E-state index is 14.0. The van der Waals surface area contributed by atoms with Crippen LogP contribution in [-0.2, 0) is 0 Å². The summed E-state index contributed by atoms with van der Waals surface area (Å²) in [6.07, 6.45) is 3.41. The molecule has 0 spiro atoms. The second-order valence-electron chi connectivity index (χ2n) is 4.70. The van der Waals surface area contributed by atoms with Gasteiger partial charge in [-0.05, 0) is 30.3 Å². The van der Waals surface area contributed by atoms with E-state index in [1.165, 1.54) is 6.07 Å². The third kappa shape index (κ3) is 3.62. The van der Waals surface area contributed by atoms with Crippen molar-refractivity contribution in [2.24, 2.45) is 0 Å². The quantitative estimate of drug-likeness (QED) is 0.716. The Balaban J connectivity index is 1.99. The highest BCUT2D eigenvalue weighted by atomic mass is 79.9. The van der Waals surface area contributed by atoms with Gasteiger partial charge in [-0.1, -0.05) is 15.9 Å². The van der Waals surface area contributed by atoms with E-state index in [0.29, 0.717) is 27.6 Å². The minimum atomic E-state index is -0.369. The first kappa shape index (κ1) is 15.4. The van der Waals surface area contributed by atoms with Crippen LogP contribution in [0, 0.1) is 5.82 Å². The summed E-state index contributed by atoms with van der Waals surface area (Å²) in [6, 6.07) is 10.3. The lowest BCUT2D eigenvalue weighted by molar-refractivity contribution is 0.631. The maximum Gasteiger partial charge on any atom is 0.224 e. The van der Waals surface area contributed by atoms with Crippen molar-refractivity contribution in [1.29, 1.82) is 0 Å². The number of aromatic nitrogens is 3. The van der Waals surface area contributed by atoms with Crippen molar-refractivity contribution >= 4 is 33.4 Å². The van der Waals surface area contributed by atoms with Crippen LogP contribution in [0.2, 0.25) is 0 Å². The average Bonchev–Trinajstić information content (AvgIpc) is 2.58. The molecule has 0 radical (unpaired) electrons. The Kier molecular flexibility index (Phi) is 4.47. The summed E-state index contributed by atoms with van der Waals surface area (Å²) < 4.78 is 14.7. The van der Waals surface area contributed by atoms with E-state index in [1.807, 2.05) is 12.1 Å². The Morgan fingerprint density at radius 1 is 1.13 bits per heavy atom. The van der Waals surface area contributed by atoms with Crippen LogP contribution in [0.5, 0.6) is 0 Å². The molecule has 3 aromatic rings. The number of anilines is 3. The molecule has 23 heavy (non-hydrogen) atoms. The predicted octanol–water partition coefficient (Wildman–Crippen LogP) is 4.23. The fraction of sp³-hybridized carbons (Fsp3) is 0.0625. The van der Waals surface area contributed by atoms with Gasteiger partial charge in [-0.15, -0.1) is 0 Å². The van der Waals surface area contributed by atoms with Crippen molar-refractivity contribution in [3.63, 3.8) is 0 Å². The van der Waals surface area contributed by atoms with Gasteiger partial charge in [0.25, 0.3) is 0 Å². The molecule has 0 amide bonds. The minimum Gasteiger partial charge on any atom is -0.357 e. The van der Waals surface area contributed by atoms with E-state index in [1.54, 1.807) is 37.6 Å². The highest BCUT2D eigenvalue weighted by Crippen LogP contribution is 2.25. The van der Waals surface area contributed by atoms with Crippen LogP contribution in [0.15, 0.2) is 53.3 Å². The smallest absolute Gasteiger partial charge is 0.224 e. The fourth-order valence-electron chi connectivity index (χ4n) is 2.01. The van der Waals surface area contributed by atoms with Crippen LogP contribution in [0.3, 0.4) is 0 Å². The van der Waals surface area contributed by atoms with Crippen LogP contribution >= 0.6 is 15.9 Å². The first-order valence-electron chi connectivity index (χ1n) is 6.85. The predicted molar refractivity (Wildman–Crippen MR) is 92.2 cm³/mol. The third-order valence-electron chi connectivity index (χ3n) is 3.10. The lowest BCUT2D eigenvalue weighted by atomic mass is 10.2. The van der Waals surface area contributed by atoms with E-state index in [4.69, 9.17) is 0 Å². The minimum absolute atomic E-state index is 0.339. The molecule has 7 heteroatoms. The molecule has 0 aliphatic rings. The van der Waals surface area contributed by atoms with Gasteiger partial charge in [-0.2, -0.15) is 4.98 Å². The fourth-order valence-corrected chi connectivity index (χ4v) is 2.35. The van der Waals surface area contributed by atoms with Gasteiger partial charge >= 0.3 is 0 Å². The van der Waals surface area contributed by atoms with Crippen LogP contribution in [0.1, 0.15) is 0 Å². The van der Waals surface area contributed by atoms with E-state index < -0.39 is 0 Å². The third-order valence-corrected chi connectivity index (χ3v) is 3.59. The molecular formula is C16H13BrFN5. The largest absolute Gasteiger partial charge is 0.357 e. The van der Waals surface area contributed by atoms with Gasteiger partial charge in [-0.25, -0.2) is 9.37 Å². The molecule has 5 nitrogen and oxygen atoms in total. The molecule has 2 aromatic heterocycles. The molecule has 0 bridgehead atoms. The molecular weight excluding hydrogens is 361 g/mol. The van der Waals surface area contributed by atoms with Crippen molar-refractivity contribution < 1.29 is 4.39 Å². The molecule has 116 valence electrons.